The predicted molar refractivity (Wildman–Crippen MR) is 137 cm³/mol. The van der Waals surface area contributed by atoms with Crippen LogP contribution in [0.3, 0.4) is 0 Å². The number of nitrogens with one attached hydrogen (secondary N) is 1. The van der Waals surface area contributed by atoms with Crippen molar-refractivity contribution in [3.05, 3.63) is 88.5 Å². The van der Waals surface area contributed by atoms with Gasteiger partial charge in [0.15, 0.2) is 12.4 Å². The molecule has 0 fully saturated rings. The summed E-state index contributed by atoms with van der Waals surface area (Å²) in [5.74, 6) is -1.21. The number of para-hydroxylation sites is 1. The van der Waals surface area contributed by atoms with Gasteiger partial charge in [0, 0.05) is 30.5 Å². The monoisotopic (exact) mass is 504 g/mol. The Balaban J connectivity index is 1.65. The molecule has 4 rings (SSSR count). The largest absolute Gasteiger partial charge is 0.483 e. The molecule has 0 saturated carbocycles. The Morgan fingerprint density at radius 3 is 2.51 bits per heavy atom. The lowest BCUT2D eigenvalue weighted by Crippen LogP contribution is -2.36. The van der Waals surface area contributed by atoms with E-state index in [0.717, 1.165) is 5.56 Å². The van der Waals surface area contributed by atoms with Gasteiger partial charge in [-0.3, -0.25) is 9.59 Å². The van der Waals surface area contributed by atoms with Crippen molar-refractivity contribution in [1.82, 2.24) is 5.32 Å². The lowest BCUT2D eigenvalue weighted by Gasteiger charge is -2.38. The second kappa shape index (κ2) is 10.9. The minimum absolute atomic E-state index is 0.0539. The molecule has 0 saturated heterocycles. The first-order valence-corrected chi connectivity index (χ1v) is 12.3. The third-order valence-electron chi connectivity index (χ3n) is 6.37. The molecule has 2 aromatic carbocycles. The second-order valence-corrected chi connectivity index (χ2v) is 9.90. The third-order valence-corrected chi connectivity index (χ3v) is 6.37. The Bertz CT molecular complexity index is 1260. The summed E-state index contributed by atoms with van der Waals surface area (Å²) in [5, 5.41) is 2.83. The van der Waals surface area contributed by atoms with Crippen molar-refractivity contribution in [2.45, 2.75) is 46.1 Å². The molecule has 37 heavy (non-hydrogen) atoms. The quantitative estimate of drug-likeness (QED) is 0.524. The van der Waals surface area contributed by atoms with Crippen molar-refractivity contribution in [2.24, 2.45) is 11.1 Å². The van der Waals surface area contributed by atoms with Crippen LogP contribution >= 0.6 is 0 Å². The number of esters is 1. The molecular formula is C29H32N2O6. The number of carbonyl (C=O) groups excluding carboxylic acids is 3. The molecular weight excluding hydrogens is 472 g/mol. The Labute approximate surface area is 216 Å². The molecule has 194 valence electrons. The summed E-state index contributed by atoms with van der Waals surface area (Å²) in [6, 6.07) is 16.6. The number of benzene rings is 2. The van der Waals surface area contributed by atoms with Crippen molar-refractivity contribution in [1.29, 1.82) is 0 Å². The minimum atomic E-state index is -0.838. The highest BCUT2D eigenvalue weighted by Crippen LogP contribution is 2.49. The van der Waals surface area contributed by atoms with E-state index in [-0.39, 0.29) is 41.8 Å². The summed E-state index contributed by atoms with van der Waals surface area (Å²) < 4.78 is 17.0. The van der Waals surface area contributed by atoms with Crippen molar-refractivity contribution in [3.8, 4) is 5.75 Å². The normalized spacial score (nSPS) is 18.6. The van der Waals surface area contributed by atoms with E-state index in [9.17, 15) is 14.4 Å². The van der Waals surface area contributed by atoms with Crippen LogP contribution in [-0.2, 0) is 30.4 Å². The maximum absolute atomic E-state index is 13.4. The first-order chi connectivity index (χ1) is 17.7. The molecule has 2 aliphatic rings. The van der Waals surface area contributed by atoms with Crippen LogP contribution in [0.2, 0.25) is 0 Å². The smallest absolute Gasteiger partial charge is 0.340 e. The fourth-order valence-corrected chi connectivity index (χ4v) is 4.74. The molecule has 1 aliphatic carbocycles. The lowest BCUT2D eigenvalue weighted by molar-refractivity contribution is -0.139. The molecule has 0 radical (unpaired) electrons. The van der Waals surface area contributed by atoms with Gasteiger partial charge in [0.1, 0.15) is 17.1 Å². The van der Waals surface area contributed by atoms with Gasteiger partial charge in [-0.05, 0) is 24.0 Å². The Morgan fingerprint density at radius 2 is 1.78 bits per heavy atom. The van der Waals surface area contributed by atoms with Crippen LogP contribution in [0.5, 0.6) is 5.75 Å². The van der Waals surface area contributed by atoms with E-state index in [1.807, 2.05) is 44.2 Å². The number of nitrogens with two attached hydrogens (primary N) is 1. The van der Waals surface area contributed by atoms with Gasteiger partial charge < -0.3 is 25.3 Å². The molecule has 0 aromatic heterocycles. The molecule has 0 spiro atoms. The molecule has 2 aromatic rings. The number of allylic oxidation sites excluding steroid dienone is 2. The molecule has 8 heteroatoms. The van der Waals surface area contributed by atoms with E-state index in [1.54, 1.807) is 31.2 Å². The molecule has 1 aliphatic heterocycles. The number of Topliss-reactive ketones (excluding diaryl/α,β-unsaturated/α-hetero) is 1. The first-order valence-electron chi connectivity index (χ1n) is 12.3. The van der Waals surface area contributed by atoms with Crippen LogP contribution in [0.1, 0.15) is 50.7 Å². The standard InChI is InChI=1S/C29H32N2O6/c1-4-35-28(34)26-24(25-20(32)14-29(2,3)15-22(25)37-27(26)30)19-12-8-9-13-21(19)36-17-23(33)31-16-18-10-6-5-7-11-18/h5-13,24H,4,14-17,30H2,1-3H3,(H,31,33). The van der Waals surface area contributed by atoms with Gasteiger partial charge in [-0.25, -0.2) is 4.79 Å². The fourth-order valence-electron chi connectivity index (χ4n) is 4.74. The van der Waals surface area contributed by atoms with Crippen molar-refractivity contribution in [2.75, 3.05) is 13.2 Å². The van der Waals surface area contributed by atoms with Crippen LogP contribution in [0.4, 0.5) is 0 Å². The van der Waals surface area contributed by atoms with E-state index >= 15 is 0 Å². The van der Waals surface area contributed by atoms with E-state index < -0.39 is 11.9 Å². The van der Waals surface area contributed by atoms with Gasteiger partial charge in [0.25, 0.3) is 5.91 Å². The lowest BCUT2D eigenvalue weighted by atomic mass is 9.70. The van der Waals surface area contributed by atoms with E-state index in [1.165, 1.54) is 0 Å². The SMILES string of the molecule is CCOC(=O)C1=C(N)OC2=C(C(=O)CC(C)(C)C2)C1c1ccccc1OCC(=O)NCc1ccccc1. The summed E-state index contributed by atoms with van der Waals surface area (Å²) in [6.07, 6.45) is 0.791. The number of ether oxygens (including phenoxy) is 3. The highest BCUT2D eigenvalue weighted by Gasteiger charge is 2.45. The first kappa shape index (κ1) is 26.0. The predicted octanol–water partition coefficient (Wildman–Crippen LogP) is 3.87. The molecule has 0 bridgehead atoms. The van der Waals surface area contributed by atoms with Crippen LogP contribution in [0, 0.1) is 5.41 Å². The topological polar surface area (TPSA) is 117 Å². The molecule has 1 atom stereocenters. The average molecular weight is 505 g/mol. The van der Waals surface area contributed by atoms with Gasteiger partial charge in [-0.1, -0.05) is 62.4 Å². The molecule has 1 unspecified atom stereocenters. The number of hydrogen-bond donors (Lipinski definition) is 2. The van der Waals surface area contributed by atoms with Crippen molar-refractivity contribution < 1.29 is 28.6 Å². The fraction of sp³-hybridized carbons (Fsp3) is 0.345. The molecule has 1 heterocycles. The van der Waals surface area contributed by atoms with Crippen LogP contribution < -0.4 is 15.8 Å². The van der Waals surface area contributed by atoms with E-state index in [2.05, 4.69) is 5.32 Å². The number of rotatable bonds is 8. The Kier molecular flexibility index (Phi) is 7.66. The zero-order chi connectivity index (χ0) is 26.6. The summed E-state index contributed by atoms with van der Waals surface area (Å²) in [7, 11) is 0. The minimum Gasteiger partial charge on any atom is -0.483 e. The molecule has 3 N–H and O–H groups in total. The van der Waals surface area contributed by atoms with Crippen LogP contribution in [0.25, 0.3) is 0 Å². The van der Waals surface area contributed by atoms with E-state index in [0.29, 0.717) is 42.0 Å². The average Bonchev–Trinajstić information content (AvgIpc) is 2.85. The number of ketones is 1. The third kappa shape index (κ3) is 5.85. The number of carbonyl (C=O) groups is 3. The number of hydrogen-bond acceptors (Lipinski definition) is 7. The van der Waals surface area contributed by atoms with Gasteiger partial charge >= 0.3 is 5.97 Å². The highest BCUT2D eigenvalue weighted by atomic mass is 16.5. The Morgan fingerprint density at radius 1 is 1.08 bits per heavy atom. The molecule has 8 nitrogen and oxygen atoms in total. The van der Waals surface area contributed by atoms with Crippen molar-refractivity contribution >= 4 is 17.7 Å². The Hall–Kier alpha value is -4.07. The van der Waals surface area contributed by atoms with Gasteiger partial charge in [-0.2, -0.15) is 0 Å². The van der Waals surface area contributed by atoms with Crippen molar-refractivity contribution in [3.63, 3.8) is 0 Å². The zero-order valence-corrected chi connectivity index (χ0v) is 21.3. The van der Waals surface area contributed by atoms with E-state index in [4.69, 9.17) is 19.9 Å². The summed E-state index contributed by atoms with van der Waals surface area (Å²) in [4.78, 5) is 38.9. The molecule has 1 amide bonds. The number of amides is 1. The highest BCUT2D eigenvalue weighted by molar-refractivity contribution is 6.03. The van der Waals surface area contributed by atoms with Crippen LogP contribution in [-0.4, -0.2) is 30.9 Å². The summed E-state index contributed by atoms with van der Waals surface area (Å²) in [5.41, 5.74) is 7.88. The van der Waals surface area contributed by atoms with Gasteiger partial charge in [-0.15, -0.1) is 0 Å². The maximum Gasteiger partial charge on any atom is 0.340 e. The van der Waals surface area contributed by atoms with Gasteiger partial charge in [0.05, 0.1) is 12.5 Å². The second-order valence-electron chi connectivity index (χ2n) is 9.90. The van der Waals surface area contributed by atoms with Gasteiger partial charge in [0.2, 0.25) is 5.88 Å². The summed E-state index contributed by atoms with van der Waals surface area (Å²) in [6.45, 7) is 5.93. The maximum atomic E-state index is 13.4. The summed E-state index contributed by atoms with van der Waals surface area (Å²) >= 11 is 0. The van der Waals surface area contributed by atoms with Crippen LogP contribution in [0.15, 0.2) is 77.4 Å². The zero-order valence-electron chi connectivity index (χ0n) is 21.3.